The molecule has 9 heteroatoms. The van der Waals surface area contributed by atoms with Gasteiger partial charge in [-0.2, -0.15) is 0 Å². The van der Waals surface area contributed by atoms with Crippen LogP contribution in [0, 0.1) is 5.92 Å². The fraction of sp³-hybridized carbons (Fsp3) is 0.368. The second-order valence-electron chi connectivity index (χ2n) is 6.60. The summed E-state index contributed by atoms with van der Waals surface area (Å²) in [6, 6.07) is 7.22. The lowest BCUT2D eigenvalue weighted by Crippen LogP contribution is -2.41. The highest BCUT2D eigenvalue weighted by molar-refractivity contribution is 8.26. The summed E-state index contributed by atoms with van der Waals surface area (Å²) in [5.74, 6) is -1.51. The van der Waals surface area contributed by atoms with E-state index in [0.29, 0.717) is 40.2 Å². The first-order chi connectivity index (χ1) is 13.4. The normalized spacial score (nSPS) is 19.5. The minimum absolute atomic E-state index is 0.0898. The van der Waals surface area contributed by atoms with E-state index in [1.54, 1.807) is 17.0 Å². The van der Waals surface area contributed by atoms with Crippen LogP contribution in [-0.2, 0) is 14.4 Å². The summed E-state index contributed by atoms with van der Waals surface area (Å²) in [6.07, 6.45) is 2.79. The predicted molar refractivity (Wildman–Crippen MR) is 113 cm³/mol. The Morgan fingerprint density at radius 3 is 2.61 bits per heavy atom. The number of carboxylic acids is 1. The van der Waals surface area contributed by atoms with Crippen LogP contribution in [0.2, 0.25) is 5.02 Å². The molecular weight excluding hydrogens is 420 g/mol. The van der Waals surface area contributed by atoms with Gasteiger partial charge in [-0.15, -0.1) is 0 Å². The second-order valence-corrected chi connectivity index (χ2v) is 8.68. The van der Waals surface area contributed by atoms with E-state index < -0.39 is 5.97 Å². The summed E-state index contributed by atoms with van der Waals surface area (Å²) >= 11 is 12.6. The van der Waals surface area contributed by atoms with Crippen molar-refractivity contribution in [1.29, 1.82) is 0 Å². The Morgan fingerprint density at radius 1 is 1.29 bits per heavy atom. The monoisotopic (exact) mass is 438 g/mol. The minimum Gasteiger partial charge on any atom is -0.481 e. The number of likely N-dealkylation sites (tertiary alicyclic amines) is 1. The zero-order valence-corrected chi connectivity index (χ0v) is 17.4. The van der Waals surface area contributed by atoms with Crippen molar-refractivity contribution < 1.29 is 19.5 Å². The minimum atomic E-state index is -0.810. The molecule has 3 rings (SSSR count). The van der Waals surface area contributed by atoms with Gasteiger partial charge in [0.1, 0.15) is 4.32 Å². The number of carbonyl (C=O) groups is 3. The Labute approximate surface area is 177 Å². The Morgan fingerprint density at radius 2 is 1.96 bits per heavy atom. The molecule has 0 radical (unpaired) electrons. The van der Waals surface area contributed by atoms with E-state index in [1.807, 2.05) is 18.2 Å². The number of halogens is 1. The molecular formula is C19H19ClN2O4S2. The van der Waals surface area contributed by atoms with Crippen LogP contribution in [0.5, 0.6) is 0 Å². The van der Waals surface area contributed by atoms with Crippen molar-refractivity contribution in [3.63, 3.8) is 0 Å². The third kappa shape index (κ3) is 4.74. The molecule has 1 aromatic rings. The van der Waals surface area contributed by atoms with Crippen molar-refractivity contribution in [3.05, 3.63) is 39.8 Å². The van der Waals surface area contributed by atoms with E-state index >= 15 is 0 Å². The van der Waals surface area contributed by atoms with Crippen LogP contribution in [0.4, 0.5) is 0 Å². The first-order valence-electron chi connectivity index (χ1n) is 8.87. The molecule has 2 heterocycles. The zero-order chi connectivity index (χ0) is 20.3. The van der Waals surface area contributed by atoms with Gasteiger partial charge in [0.15, 0.2) is 0 Å². The van der Waals surface area contributed by atoms with Gasteiger partial charge in [-0.25, -0.2) is 0 Å². The number of carboxylic acid groups (broad SMARTS) is 1. The van der Waals surface area contributed by atoms with Crippen molar-refractivity contribution >= 4 is 63.8 Å². The average molecular weight is 439 g/mol. The van der Waals surface area contributed by atoms with E-state index in [9.17, 15) is 14.4 Å². The number of hydrogen-bond acceptors (Lipinski definition) is 5. The molecule has 1 aromatic carbocycles. The van der Waals surface area contributed by atoms with Gasteiger partial charge in [-0.05, 0) is 30.5 Å². The first-order valence-corrected chi connectivity index (χ1v) is 10.5. The van der Waals surface area contributed by atoms with Crippen LogP contribution in [-0.4, -0.2) is 56.6 Å². The molecule has 2 saturated heterocycles. The van der Waals surface area contributed by atoms with Crippen LogP contribution in [0.25, 0.3) is 6.08 Å². The predicted octanol–water partition coefficient (Wildman–Crippen LogP) is 3.25. The number of piperidine rings is 1. The molecule has 2 fully saturated rings. The molecule has 2 amide bonds. The van der Waals surface area contributed by atoms with E-state index in [1.165, 1.54) is 16.7 Å². The third-order valence-corrected chi connectivity index (χ3v) is 6.53. The Kier molecular flexibility index (Phi) is 6.74. The van der Waals surface area contributed by atoms with Crippen molar-refractivity contribution in [2.24, 2.45) is 5.92 Å². The van der Waals surface area contributed by atoms with Crippen LogP contribution >= 0.6 is 35.6 Å². The fourth-order valence-corrected chi connectivity index (χ4v) is 4.66. The number of carbonyl (C=O) groups excluding carboxylic acids is 2. The van der Waals surface area contributed by atoms with Crippen molar-refractivity contribution in [2.45, 2.75) is 19.3 Å². The number of hydrogen-bond donors (Lipinski definition) is 1. The van der Waals surface area contributed by atoms with Gasteiger partial charge in [-0.1, -0.05) is 53.8 Å². The van der Waals surface area contributed by atoms with Crippen molar-refractivity contribution in [3.8, 4) is 0 Å². The van der Waals surface area contributed by atoms with Crippen molar-refractivity contribution in [2.75, 3.05) is 19.6 Å². The van der Waals surface area contributed by atoms with Crippen LogP contribution in [0.1, 0.15) is 24.8 Å². The van der Waals surface area contributed by atoms with Gasteiger partial charge in [-0.3, -0.25) is 19.3 Å². The van der Waals surface area contributed by atoms with Crippen LogP contribution in [0.15, 0.2) is 29.2 Å². The van der Waals surface area contributed by atoms with E-state index in [2.05, 4.69) is 0 Å². The van der Waals surface area contributed by atoms with Gasteiger partial charge in [0.25, 0.3) is 5.91 Å². The molecule has 0 unspecified atom stereocenters. The highest BCUT2D eigenvalue weighted by atomic mass is 35.5. The quantitative estimate of drug-likeness (QED) is 0.561. The number of nitrogens with zero attached hydrogens (tertiary/aromatic N) is 2. The maximum absolute atomic E-state index is 12.7. The molecule has 148 valence electrons. The maximum Gasteiger partial charge on any atom is 0.306 e. The SMILES string of the molecule is O=C(O)C1CCN(C(=O)CCN2C(=O)C(=Cc3ccccc3Cl)SC2=S)CC1. The van der Waals surface area contributed by atoms with E-state index in [4.69, 9.17) is 28.9 Å². The van der Waals surface area contributed by atoms with Gasteiger partial charge in [0.2, 0.25) is 5.91 Å². The molecule has 0 saturated carbocycles. The number of thiocarbonyl (C=S) groups is 1. The first kappa shape index (κ1) is 20.8. The lowest BCUT2D eigenvalue weighted by molar-refractivity contribution is -0.145. The number of rotatable bonds is 5. The molecule has 2 aliphatic heterocycles. The van der Waals surface area contributed by atoms with Crippen molar-refractivity contribution in [1.82, 2.24) is 9.80 Å². The van der Waals surface area contributed by atoms with E-state index in [0.717, 1.165) is 5.56 Å². The molecule has 2 aliphatic rings. The average Bonchev–Trinajstić information content (AvgIpc) is 2.94. The molecule has 0 aromatic heterocycles. The third-order valence-electron chi connectivity index (χ3n) is 4.81. The highest BCUT2D eigenvalue weighted by Gasteiger charge is 2.33. The Bertz CT molecular complexity index is 850. The summed E-state index contributed by atoms with van der Waals surface area (Å²) in [7, 11) is 0. The van der Waals surface area contributed by atoms with Gasteiger partial charge in [0, 0.05) is 31.1 Å². The molecule has 0 bridgehead atoms. The highest BCUT2D eigenvalue weighted by Crippen LogP contribution is 2.33. The van der Waals surface area contributed by atoms with Crippen LogP contribution < -0.4 is 0 Å². The summed E-state index contributed by atoms with van der Waals surface area (Å²) in [6.45, 7) is 1.07. The number of thioether (sulfide) groups is 1. The molecule has 6 nitrogen and oxygen atoms in total. The summed E-state index contributed by atoms with van der Waals surface area (Å²) in [5, 5.41) is 9.59. The zero-order valence-electron chi connectivity index (χ0n) is 15.0. The fourth-order valence-electron chi connectivity index (χ4n) is 3.17. The molecule has 1 N–H and O–H groups in total. The summed E-state index contributed by atoms with van der Waals surface area (Å²) in [5.41, 5.74) is 0.738. The lowest BCUT2D eigenvalue weighted by Gasteiger charge is -2.30. The molecule has 0 spiro atoms. The van der Waals surface area contributed by atoms with E-state index in [-0.39, 0.29) is 30.7 Å². The topological polar surface area (TPSA) is 77.9 Å². The summed E-state index contributed by atoms with van der Waals surface area (Å²) in [4.78, 5) is 39.7. The van der Waals surface area contributed by atoms with Gasteiger partial charge < -0.3 is 10.0 Å². The van der Waals surface area contributed by atoms with Crippen LogP contribution in [0.3, 0.4) is 0 Å². The standard InChI is InChI=1S/C19H19ClN2O4S2/c20-14-4-2-1-3-13(14)11-15-17(24)22(19(27)28-15)10-7-16(23)21-8-5-12(6-9-21)18(25)26/h1-4,11-12H,5-10H2,(H,25,26). The Balaban J connectivity index is 1.57. The molecule has 0 atom stereocenters. The summed E-state index contributed by atoms with van der Waals surface area (Å²) < 4.78 is 0.417. The van der Waals surface area contributed by atoms with Gasteiger partial charge in [0.05, 0.1) is 10.8 Å². The Hall–Kier alpha value is -1.90. The number of amides is 2. The number of benzene rings is 1. The number of aliphatic carboxylic acids is 1. The molecule has 28 heavy (non-hydrogen) atoms. The lowest BCUT2D eigenvalue weighted by atomic mass is 9.97. The smallest absolute Gasteiger partial charge is 0.306 e. The largest absolute Gasteiger partial charge is 0.481 e. The van der Waals surface area contributed by atoms with Gasteiger partial charge >= 0.3 is 5.97 Å². The second kappa shape index (κ2) is 9.07. The maximum atomic E-state index is 12.7. The molecule has 0 aliphatic carbocycles.